The quantitative estimate of drug-likeness (QED) is 0.261. The lowest BCUT2D eigenvalue weighted by Crippen LogP contribution is -2.01. The smallest absolute Gasteiger partial charge is 0.135 e. The van der Waals surface area contributed by atoms with Gasteiger partial charge in [-0.3, -0.25) is 0 Å². The highest BCUT2D eigenvalue weighted by Crippen LogP contribution is 2.38. The van der Waals surface area contributed by atoms with E-state index in [0.29, 0.717) is 17.5 Å². The van der Waals surface area contributed by atoms with E-state index >= 15 is 0 Å². The average Bonchev–Trinajstić information content (AvgIpc) is 3.47. The fraction of sp³-hybridized carbons (Fsp3) is 0.0303. The Morgan fingerprint density at radius 3 is 1.84 bits per heavy atom. The second-order valence-electron chi connectivity index (χ2n) is 9.26. The van der Waals surface area contributed by atoms with Gasteiger partial charge in [-0.1, -0.05) is 54.6 Å². The molecule has 0 aliphatic rings. The van der Waals surface area contributed by atoms with Crippen molar-refractivity contribution in [2.45, 2.75) is 6.42 Å². The standard InChI is InChI=1S/C33H19N3O/c34-19-22-13-21(14-23(15-22)20-35)16-24-17-33-28(27-9-3-6-12-32(27)37-33)18-31(24)36-29-10-4-1-7-25(29)26-8-2-5-11-30(26)36/h1-15,17-18H,16H2. The molecule has 4 nitrogen and oxygen atoms in total. The van der Waals surface area contributed by atoms with Crippen molar-refractivity contribution in [3.05, 3.63) is 125 Å². The fourth-order valence-corrected chi connectivity index (χ4v) is 5.48. The van der Waals surface area contributed by atoms with E-state index < -0.39 is 0 Å². The number of para-hydroxylation sites is 3. The Morgan fingerprint density at radius 1 is 0.595 bits per heavy atom. The van der Waals surface area contributed by atoms with Crippen LogP contribution in [0.15, 0.2) is 108 Å². The van der Waals surface area contributed by atoms with Gasteiger partial charge in [0.05, 0.1) is 40.0 Å². The number of nitrogens with zero attached hydrogens (tertiary/aromatic N) is 3. The maximum atomic E-state index is 9.53. The van der Waals surface area contributed by atoms with Crippen LogP contribution in [0.4, 0.5) is 0 Å². The van der Waals surface area contributed by atoms with Crippen LogP contribution >= 0.6 is 0 Å². The molecule has 7 rings (SSSR count). The summed E-state index contributed by atoms with van der Waals surface area (Å²) in [5.41, 5.74) is 7.90. The Bertz CT molecular complexity index is 2010. The highest BCUT2D eigenvalue weighted by atomic mass is 16.3. The van der Waals surface area contributed by atoms with Crippen LogP contribution in [0.2, 0.25) is 0 Å². The van der Waals surface area contributed by atoms with Crippen molar-refractivity contribution >= 4 is 43.7 Å². The van der Waals surface area contributed by atoms with Crippen molar-refractivity contribution in [2.75, 3.05) is 0 Å². The van der Waals surface area contributed by atoms with Gasteiger partial charge in [-0.25, -0.2) is 0 Å². The molecule has 0 spiro atoms. The fourth-order valence-electron chi connectivity index (χ4n) is 5.48. The zero-order valence-corrected chi connectivity index (χ0v) is 19.8. The van der Waals surface area contributed by atoms with E-state index in [0.717, 1.165) is 49.8 Å². The second-order valence-corrected chi connectivity index (χ2v) is 9.26. The Morgan fingerprint density at radius 2 is 1.19 bits per heavy atom. The molecule has 0 aliphatic heterocycles. The summed E-state index contributed by atoms with van der Waals surface area (Å²) in [5, 5.41) is 23.6. The first-order chi connectivity index (χ1) is 18.2. The molecule has 172 valence electrons. The van der Waals surface area contributed by atoms with Crippen molar-refractivity contribution in [1.29, 1.82) is 10.5 Å². The van der Waals surface area contributed by atoms with Crippen molar-refractivity contribution < 1.29 is 4.42 Å². The Hall–Kier alpha value is -5.32. The predicted molar refractivity (Wildman–Crippen MR) is 147 cm³/mol. The van der Waals surface area contributed by atoms with E-state index in [1.165, 1.54) is 10.8 Å². The highest BCUT2D eigenvalue weighted by molar-refractivity contribution is 6.10. The number of hydrogen-bond acceptors (Lipinski definition) is 3. The molecule has 37 heavy (non-hydrogen) atoms. The molecule has 2 heterocycles. The van der Waals surface area contributed by atoms with Gasteiger partial charge in [-0.2, -0.15) is 10.5 Å². The first kappa shape index (κ1) is 21.0. The summed E-state index contributed by atoms with van der Waals surface area (Å²) < 4.78 is 8.57. The lowest BCUT2D eigenvalue weighted by atomic mass is 9.98. The zero-order chi connectivity index (χ0) is 24.9. The number of rotatable bonds is 3. The molecule has 0 fully saturated rings. The van der Waals surface area contributed by atoms with Crippen molar-refractivity contribution in [2.24, 2.45) is 0 Å². The molecule has 0 N–H and O–H groups in total. The number of nitriles is 2. The third-order valence-corrected chi connectivity index (χ3v) is 7.04. The van der Waals surface area contributed by atoms with Crippen molar-refractivity contribution in [1.82, 2.24) is 4.57 Å². The lowest BCUT2D eigenvalue weighted by Gasteiger charge is -2.15. The first-order valence-electron chi connectivity index (χ1n) is 12.1. The molecule has 0 bridgehead atoms. The molecule has 2 aromatic heterocycles. The van der Waals surface area contributed by atoms with Crippen LogP contribution < -0.4 is 0 Å². The van der Waals surface area contributed by atoms with E-state index in [1.807, 2.05) is 30.3 Å². The summed E-state index contributed by atoms with van der Waals surface area (Å²) in [6.45, 7) is 0. The van der Waals surface area contributed by atoms with Crippen LogP contribution in [0, 0.1) is 22.7 Å². The topological polar surface area (TPSA) is 65.7 Å². The third kappa shape index (κ3) is 3.28. The Balaban J connectivity index is 1.57. The molecular formula is C33H19N3O. The predicted octanol–water partition coefficient (Wildman–Crippen LogP) is 8.02. The van der Waals surface area contributed by atoms with Crippen LogP contribution in [0.3, 0.4) is 0 Å². The SMILES string of the molecule is N#Cc1cc(C#N)cc(Cc2cc3oc4ccccc4c3cc2-n2c3ccccc3c3ccccc32)c1. The summed E-state index contributed by atoms with van der Waals surface area (Å²) in [6.07, 6.45) is 0.549. The van der Waals surface area contributed by atoms with Gasteiger partial charge in [-0.15, -0.1) is 0 Å². The van der Waals surface area contributed by atoms with Gasteiger partial charge in [0.2, 0.25) is 0 Å². The van der Waals surface area contributed by atoms with Crippen LogP contribution in [0.25, 0.3) is 49.4 Å². The molecule has 0 atom stereocenters. The highest BCUT2D eigenvalue weighted by Gasteiger charge is 2.18. The van der Waals surface area contributed by atoms with Gasteiger partial charge >= 0.3 is 0 Å². The minimum Gasteiger partial charge on any atom is -0.456 e. The van der Waals surface area contributed by atoms with Gasteiger partial charge in [0.15, 0.2) is 0 Å². The summed E-state index contributed by atoms with van der Waals surface area (Å²) in [7, 11) is 0. The molecule has 7 aromatic rings. The number of hydrogen-bond donors (Lipinski definition) is 0. The van der Waals surface area contributed by atoms with E-state index in [4.69, 9.17) is 4.42 Å². The number of benzene rings is 5. The Kier molecular flexibility index (Phi) is 4.61. The zero-order valence-electron chi connectivity index (χ0n) is 19.8. The molecule has 0 saturated heterocycles. The van der Waals surface area contributed by atoms with Gasteiger partial charge in [0, 0.05) is 21.5 Å². The van der Waals surface area contributed by atoms with Crippen LogP contribution in [0.1, 0.15) is 22.3 Å². The van der Waals surface area contributed by atoms with E-state index in [-0.39, 0.29) is 0 Å². The number of aromatic nitrogens is 1. The summed E-state index contributed by atoms with van der Waals surface area (Å²) in [6, 6.07) is 39.1. The van der Waals surface area contributed by atoms with Gasteiger partial charge < -0.3 is 8.98 Å². The summed E-state index contributed by atoms with van der Waals surface area (Å²) >= 11 is 0. The second kappa shape index (κ2) is 8.12. The summed E-state index contributed by atoms with van der Waals surface area (Å²) in [5.74, 6) is 0. The molecule has 0 saturated carbocycles. The van der Waals surface area contributed by atoms with Crippen LogP contribution in [-0.4, -0.2) is 4.57 Å². The number of fused-ring (bicyclic) bond motifs is 6. The molecule has 4 heteroatoms. The van der Waals surface area contributed by atoms with Crippen molar-refractivity contribution in [3.63, 3.8) is 0 Å². The molecule has 0 amide bonds. The molecular weight excluding hydrogens is 454 g/mol. The normalized spacial score (nSPS) is 11.3. The monoisotopic (exact) mass is 473 g/mol. The summed E-state index contributed by atoms with van der Waals surface area (Å²) in [4.78, 5) is 0. The van der Waals surface area contributed by atoms with E-state index in [1.54, 1.807) is 6.07 Å². The van der Waals surface area contributed by atoms with E-state index in [9.17, 15) is 10.5 Å². The lowest BCUT2D eigenvalue weighted by molar-refractivity contribution is 0.668. The van der Waals surface area contributed by atoms with Crippen LogP contribution in [-0.2, 0) is 6.42 Å². The van der Waals surface area contributed by atoms with Gasteiger partial charge in [0.1, 0.15) is 11.2 Å². The van der Waals surface area contributed by atoms with Gasteiger partial charge in [-0.05, 0) is 66.1 Å². The minimum atomic E-state index is 0.484. The molecule has 0 radical (unpaired) electrons. The van der Waals surface area contributed by atoms with E-state index in [2.05, 4.69) is 83.4 Å². The minimum absolute atomic E-state index is 0.484. The maximum Gasteiger partial charge on any atom is 0.135 e. The number of furan rings is 1. The first-order valence-corrected chi connectivity index (χ1v) is 12.1. The molecule has 0 aliphatic carbocycles. The largest absolute Gasteiger partial charge is 0.456 e. The van der Waals surface area contributed by atoms with Crippen LogP contribution in [0.5, 0.6) is 0 Å². The Labute approximate surface area is 212 Å². The van der Waals surface area contributed by atoms with Crippen molar-refractivity contribution in [3.8, 4) is 17.8 Å². The molecule has 5 aromatic carbocycles. The van der Waals surface area contributed by atoms with Gasteiger partial charge in [0.25, 0.3) is 0 Å². The average molecular weight is 474 g/mol. The maximum absolute atomic E-state index is 9.53. The third-order valence-electron chi connectivity index (χ3n) is 7.04. The molecule has 0 unspecified atom stereocenters.